The molecule has 0 N–H and O–H groups in total. The highest BCUT2D eigenvalue weighted by Crippen LogP contribution is 2.38. The molecule has 2 heteroatoms. The highest BCUT2D eigenvalue weighted by molar-refractivity contribution is 7.57. The third-order valence-electron chi connectivity index (χ3n) is 2.91. The van der Waals surface area contributed by atoms with Gasteiger partial charge in [0.15, 0.2) is 0 Å². The summed E-state index contributed by atoms with van der Waals surface area (Å²) < 4.78 is 0. The first-order valence-electron chi connectivity index (χ1n) is 5.66. The van der Waals surface area contributed by atoms with Crippen molar-refractivity contribution in [2.45, 2.75) is 32.1 Å². The van der Waals surface area contributed by atoms with Crippen LogP contribution in [-0.4, -0.2) is 38.0 Å². The lowest BCUT2D eigenvalue weighted by Crippen LogP contribution is -1.96. The van der Waals surface area contributed by atoms with Crippen molar-refractivity contribution in [1.29, 1.82) is 0 Å². The molecule has 0 nitrogen and oxygen atoms in total. The van der Waals surface area contributed by atoms with Crippen molar-refractivity contribution in [3.05, 3.63) is 0 Å². The van der Waals surface area contributed by atoms with E-state index in [1.165, 1.54) is 32.1 Å². The zero-order chi connectivity index (χ0) is 9.52. The minimum atomic E-state index is 0.508. The van der Waals surface area contributed by atoms with E-state index in [-0.39, 0.29) is 0 Å². The third-order valence-corrected chi connectivity index (χ3v) is 7.23. The minimum absolute atomic E-state index is 0.508. The Morgan fingerprint density at radius 3 is 1.08 bits per heavy atom. The summed E-state index contributed by atoms with van der Waals surface area (Å²) in [6, 6.07) is 0. The third kappa shape index (κ3) is 6.03. The van der Waals surface area contributed by atoms with Crippen LogP contribution in [0.3, 0.4) is 0 Å². The van der Waals surface area contributed by atoms with E-state index in [4.69, 9.17) is 0 Å². The van der Waals surface area contributed by atoms with Gasteiger partial charge in [-0.15, -0.1) is 15.8 Å². The van der Waals surface area contributed by atoms with E-state index in [9.17, 15) is 0 Å². The van der Waals surface area contributed by atoms with Crippen molar-refractivity contribution >= 4 is 15.8 Å². The Balaban J connectivity index is 0.000000132. The van der Waals surface area contributed by atoms with Gasteiger partial charge in [0, 0.05) is 0 Å². The van der Waals surface area contributed by atoms with Gasteiger partial charge in [-0.05, 0) is 63.7 Å². The summed E-state index contributed by atoms with van der Waals surface area (Å²) in [4.78, 5) is 0. The minimum Gasteiger partial charge on any atom is -0.110 e. The monoisotopic (exact) mass is 218 g/mol. The predicted molar refractivity (Wildman–Crippen MR) is 68.2 cm³/mol. The van der Waals surface area contributed by atoms with Crippen LogP contribution in [0.4, 0.5) is 0 Å². The maximum absolute atomic E-state index is 2.43. The van der Waals surface area contributed by atoms with Crippen LogP contribution in [0.5, 0.6) is 0 Å². The molecule has 0 unspecified atom stereocenters. The summed E-state index contributed by atoms with van der Waals surface area (Å²) in [7, 11) is 1.04. The fraction of sp³-hybridized carbons (Fsp3) is 1.00. The van der Waals surface area contributed by atoms with Gasteiger partial charge in [0.05, 0.1) is 0 Å². The van der Waals surface area contributed by atoms with Gasteiger partial charge in [-0.3, -0.25) is 0 Å². The molecule has 2 rings (SSSR count). The Labute approximate surface area is 86.4 Å². The quantitative estimate of drug-likeness (QED) is 0.535. The van der Waals surface area contributed by atoms with Crippen LogP contribution in [0.1, 0.15) is 32.1 Å². The van der Waals surface area contributed by atoms with Crippen LogP contribution < -0.4 is 0 Å². The number of hydrogen-bond donors (Lipinski definition) is 0. The summed E-state index contributed by atoms with van der Waals surface area (Å²) in [5.41, 5.74) is 0. The van der Waals surface area contributed by atoms with Crippen molar-refractivity contribution < 1.29 is 0 Å². The first-order chi connectivity index (χ1) is 6.29. The van der Waals surface area contributed by atoms with E-state index in [2.05, 4.69) is 13.3 Å². The van der Waals surface area contributed by atoms with Gasteiger partial charge >= 0.3 is 0 Å². The smallest absolute Gasteiger partial charge is 0.0328 e. The normalized spacial score (nSPS) is 25.4. The highest BCUT2D eigenvalue weighted by Gasteiger charge is 2.06. The average Bonchev–Trinajstić information content (AvgIpc) is 2.58. The average molecular weight is 218 g/mol. The Kier molecular flexibility index (Phi) is 6.60. The molecule has 2 aliphatic rings. The van der Waals surface area contributed by atoms with E-state index in [0.29, 0.717) is 15.8 Å². The first kappa shape index (κ1) is 11.9. The zero-order valence-electron chi connectivity index (χ0n) is 9.26. The Hall–Kier alpha value is 0.860. The van der Waals surface area contributed by atoms with Crippen LogP contribution in [0.2, 0.25) is 0 Å². The molecule has 0 atom stereocenters. The molecule has 2 fully saturated rings. The Bertz CT molecular complexity index is 113. The van der Waals surface area contributed by atoms with Crippen molar-refractivity contribution in [3.63, 3.8) is 0 Å². The standard InChI is InChI=1S/C6H13P.C5H11P/c1-7-5-3-2-4-6-7;1-6-4-2-3-5-6/h2-6H2,1H3;2-5H2,1H3. The molecule has 0 aliphatic carbocycles. The molecule has 2 aliphatic heterocycles. The Morgan fingerprint density at radius 2 is 0.846 bits per heavy atom. The van der Waals surface area contributed by atoms with Crippen molar-refractivity contribution in [1.82, 2.24) is 0 Å². The summed E-state index contributed by atoms with van der Waals surface area (Å²) in [6.07, 6.45) is 13.8. The van der Waals surface area contributed by atoms with Crippen molar-refractivity contribution in [2.75, 3.05) is 38.0 Å². The molecule has 0 bridgehead atoms. The second kappa shape index (κ2) is 7.19. The van der Waals surface area contributed by atoms with Gasteiger partial charge in [0.1, 0.15) is 0 Å². The van der Waals surface area contributed by atoms with Crippen molar-refractivity contribution in [2.24, 2.45) is 0 Å². The van der Waals surface area contributed by atoms with E-state index in [0.717, 1.165) is 0 Å². The van der Waals surface area contributed by atoms with Gasteiger partial charge in [0.2, 0.25) is 0 Å². The van der Waals surface area contributed by atoms with Gasteiger partial charge in [0.25, 0.3) is 0 Å². The molecule has 0 aromatic heterocycles. The summed E-state index contributed by atoms with van der Waals surface area (Å²) in [6.45, 7) is 4.83. The predicted octanol–water partition coefficient (Wildman–Crippen LogP) is 4.17. The molecule has 2 saturated heterocycles. The molecular weight excluding hydrogens is 194 g/mol. The fourth-order valence-electron chi connectivity index (χ4n) is 1.93. The van der Waals surface area contributed by atoms with Crippen LogP contribution in [0.25, 0.3) is 0 Å². The topological polar surface area (TPSA) is 0 Å². The highest BCUT2D eigenvalue weighted by atomic mass is 31.1. The molecule has 78 valence electrons. The van der Waals surface area contributed by atoms with E-state index < -0.39 is 0 Å². The van der Waals surface area contributed by atoms with Gasteiger partial charge < -0.3 is 0 Å². The summed E-state index contributed by atoms with van der Waals surface area (Å²) >= 11 is 0. The van der Waals surface area contributed by atoms with Gasteiger partial charge in [-0.2, -0.15) is 0 Å². The Morgan fingerprint density at radius 1 is 0.538 bits per heavy atom. The van der Waals surface area contributed by atoms with E-state index in [1.807, 2.05) is 0 Å². The molecule has 13 heavy (non-hydrogen) atoms. The van der Waals surface area contributed by atoms with Crippen LogP contribution in [0, 0.1) is 0 Å². The number of rotatable bonds is 0. The lowest BCUT2D eigenvalue weighted by molar-refractivity contribution is 0.754. The van der Waals surface area contributed by atoms with Crippen molar-refractivity contribution in [3.8, 4) is 0 Å². The molecular formula is C11H24P2. The molecule has 0 spiro atoms. The lowest BCUT2D eigenvalue weighted by atomic mass is 10.3. The molecule has 0 amide bonds. The molecule has 2 heterocycles. The zero-order valence-corrected chi connectivity index (χ0v) is 11.0. The largest absolute Gasteiger partial charge is 0.110 e. The molecule has 0 radical (unpaired) electrons. The van der Waals surface area contributed by atoms with Crippen LogP contribution in [-0.2, 0) is 0 Å². The van der Waals surface area contributed by atoms with E-state index >= 15 is 0 Å². The maximum atomic E-state index is 2.43. The van der Waals surface area contributed by atoms with Crippen LogP contribution >= 0.6 is 15.8 Å². The molecule has 0 aromatic carbocycles. The second-order valence-corrected chi connectivity index (χ2v) is 9.59. The molecule has 0 aromatic rings. The fourth-order valence-corrected chi connectivity index (χ4v) is 5.43. The van der Waals surface area contributed by atoms with Gasteiger partial charge in [-0.1, -0.05) is 6.42 Å². The lowest BCUT2D eigenvalue weighted by Gasteiger charge is -2.16. The van der Waals surface area contributed by atoms with Crippen LogP contribution in [0.15, 0.2) is 0 Å². The summed E-state index contributed by atoms with van der Waals surface area (Å²) in [5.74, 6) is 0. The summed E-state index contributed by atoms with van der Waals surface area (Å²) in [5, 5.41) is 0. The van der Waals surface area contributed by atoms with Gasteiger partial charge in [-0.25, -0.2) is 0 Å². The first-order valence-corrected chi connectivity index (χ1v) is 9.98. The van der Waals surface area contributed by atoms with E-state index in [1.54, 1.807) is 24.6 Å². The number of hydrogen-bond acceptors (Lipinski definition) is 0. The SMILES string of the molecule is CP1CCCC1.CP1CCCCC1. The maximum Gasteiger partial charge on any atom is -0.0328 e. The second-order valence-electron chi connectivity index (χ2n) is 4.37. The molecule has 0 saturated carbocycles.